The van der Waals surface area contributed by atoms with E-state index in [1.54, 1.807) is 19.2 Å². The predicted octanol–water partition coefficient (Wildman–Crippen LogP) is 3.19. The van der Waals surface area contributed by atoms with Crippen molar-refractivity contribution in [1.29, 1.82) is 5.26 Å². The lowest BCUT2D eigenvalue weighted by Gasteiger charge is -2.15. The summed E-state index contributed by atoms with van der Waals surface area (Å²) in [5.41, 5.74) is 1.46. The zero-order chi connectivity index (χ0) is 12.3. The summed E-state index contributed by atoms with van der Waals surface area (Å²) in [4.78, 5) is 0. The van der Waals surface area contributed by atoms with Crippen LogP contribution in [0.4, 0.5) is 5.69 Å². The van der Waals surface area contributed by atoms with E-state index < -0.39 is 0 Å². The van der Waals surface area contributed by atoms with Crippen molar-refractivity contribution in [2.45, 2.75) is 31.4 Å². The molecule has 0 aliphatic heterocycles. The zero-order valence-corrected chi connectivity index (χ0v) is 10.5. The summed E-state index contributed by atoms with van der Waals surface area (Å²) in [7, 11) is 1.75. The van der Waals surface area contributed by atoms with Crippen LogP contribution >= 0.6 is 11.6 Å². The van der Waals surface area contributed by atoms with Crippen molar-refractivity contribution in [3.8, 4) is 6.07 Å². The SMILES string of the molecule is COC1CCC(Nc2ccc(Cl)cc2C#N)C1. The van der Waals surface area contributed by atoms with Gasteiger partial charge in [0, 0.05) is 18.2 Å². The summed E-state index contributed by atoms with van der Waals surface area (Å²) >= 11 is 5.86. The van der Waals surface area contributed by atoms with Gasteiger partial charge in [-0.2, -0.15) is 5.26 Å². The quantitative estimate of drug-likeness (QED) is 0.896. The van der Waals surface area contributed by atoms with E-state index in [1.807, 2.05) is 6.07 Å². The molecule has 1 saturated carbocycles. The highest BCUT2D eigenvalue weighted by Crippen LogP contribution is 2.27. The summed E-state index contributed by atoms with van der Waals surface area (Å²) < 4.78 is 5.33. The summed E-state index contributed by atoms with van der Waals surface area (Å²) in [6.07, 6.45) is 3.48. The lowest BCUT2D eigenvalue weighted by Crippen LogP contribution is -2.17. The molecule has 2 atom stereocenters. The molecular weight excluding hydrogens is 236 g/mol. The van der Waals surface area contributed by atoms with E-state index in [2.05, 4.69) is 11.4 Å². The molecular formula is C13H15ClN2O. The summed E-state index contributed by atoms with van der Waals surface area (Å²) in [6, 6.07) is 7.89. The second-order valence-corrected chi connectivity index (χ2v) is 4.75. The van der Waals surface area contributed by atoms with Gasteiger partial charge >= 0.3 is 0 Å². The third-order valence-electron chi connectivity index (χ3n) is 3.18. The molecule has 17 heavy (non-hydrogen) atoms. The Kier molecular flexibility index (Phi) is 3.88. The van der Waals surface area contributed by atoms with Gasteiger partial charge in [0.25, 0.3) is 0 Å². The average molecular weight is 251 g/mol. The molecule has 3 nitrogen and oxygen atoms in total. The summed E-state index contributed by atoms with van der Waals surface area (Å²) in [5.74, 6) is 0. The number of methoxy groups -OCH3 is 1. The highest BCUT2D eigenvalue weighted by molar-refractivity contribution is 6.30. The van der Waals surface area contributed by atoms with Crippen LogP contribution in [0.15, 0.2) is 18.2 Å². The number of benzene rings is 1. The first-order chi connectivity index (χ1) is 8.22. The van der Waals surface area contributed by atoms with Crippen molar-refractivity contribution in [1.82, 2.24) is 0 Å². The van der Waals surface area contributed by atoms with Crippen LogP contribution in [0.2, 0.25) is 5.02 Å². The van der Waals surface area contributed by atoms with Crippen LogP contribution in [0.1, 0.15) is 24.8 Å². The molecule has 0 bridgehead atoms. The average Bonchev–Trinajstić information content (AvgIpc) is 2.79. The van der Waals surface area contributed by atoms with Crippen LogP contribution in [-0.2, 0) is 4.74 Å². The highest BCUT2D eigenvalue weighted by atomic mass is 35.5. The number of halogens is 1. The van der Waals surface area contributed by atoms with Crippen molar-refractivity contribution in [3.05, 3.63) is 28.8 Å². The van der Waals surface area contributed by atoms with Crippen molar-refractivity contribution in [2.24, 2.45) is 0 Å². The van der Waals surface area contributed by atoms with Crippen LogP contribution in [0.3, 0.4) is 0 Å². The summed E-state index contributed by atoms with van der Waals surface area (Å²) in [6.45, 7) is 0. The van der Waals surface area contributed by atoms with Gasteiger partial charge in [0.05, 0.1) is 17.4 Å². The second-order valence-electron chi connectivity index (χ2n) is 4.31. The molecule has 1 fully saturated rings. The Morgan fingerprint density at radius 2 is 2.29 bits per heavy atom. The van der Waals surface area contributed by atoms with E-state index in [0.29, 0.717) is 22.7 Å². The van der Waals surface area contributed by atoms with Gasteiger partial charge in [-0.25, -0.2) is 0 Å². The predicted molar refractivity (Wildman–Crippen MR) is 68.2 cm³/mol. The van der Waals surface area contributed by atoms with E-state index >= 15 is 0 Å². The molecule has 90 valence electrons. The Hall–Kier alpha value is -1.24. The minimum Gasteiger partial charge on any atom is -0.381 e. The number of nitriles is 1. The Labute approximate surface area is 106 Å². The molecule has 0 spiro atoms. The lowest BCUT2D eigenvalue weighted by atomic mass is 10.1. The largest absolute Gasteiger partial charge is 0.381 e. The zero-order valence-electron chi connectivity index (χ0n) is 9.74. The Bertz CT molecular complexity index is 442. The minimum atomic E-state index is 0.338. The van der Waals surface area contributed by atoms with Gasteiger partial charge in [0.15, 0.2) is 0 Å². The maximum atomic E-state index is 9.04. The monoisotopic (exact) mass is 250 g/mol. The number of rotatable bonds is 3. The van der Waals surface area contributed by atoms with Crippen molar-refractivity contribution >= 4 is 17.3 Å². The van der Waals surface area contributed by atoms with Gasteiger partial charge in [-0.05, 0) is 37.5 Å². The molecule has 0 radical (unpaired) electrons. The second kappa shape index (κ2) is 5.39. The molecule has 4 heteroatoms. The fourth-order valence-electron chi connectivity index (χ4n) is 2.24. The topological polar surface area (TPSA) is 45.0 Å². The first-order valence-electron chi connectivity index (χ1n) is 5.72. The molecule has 1 N–H and O–H groups in total. The number of nitrogens with zero attached hydrogens (tertiary/aromatic N) is 1. The van der Waals surface area contributed by atoms with Gasteiger partial charge in [-0.15, -0.1) is 0 Å². The Morgan fingerprint density at radius 1 is 1.47 bits per heavy atom. The molecule has 0 aromatic heterocycles. The van der Waals surface area contributed by atoms with Crippen LogP contribution in [0.5, 0.6) is 0 Å². The number of hydrogen-bond acceptors (Lipinski definition) is 3. The standard InChI is InChI=1S/C13H15ClN2O/c1-17-12-4-3-11(7-12)16-13-5-2-10(14)6-9(13)8-15/h2,5-6,11-12,16H,3-4,7H2,1H3. The van der Waals surface area contributed by atoms with Crippen LogP contribution < -0.4 is 5.32 Å². The Morgan fingerprint density at radius 3 is 2.94 bits per heavy atom. The normalized spacial score (nSPS) is 23.4. The number of nitrogens with one attached hydrogen (secondary N) is 1. The lowest BCUT2D eigenvalue weighted by molar-refractivity contribution is 0.108. The maximum Gasteiger partial charge on any atom is 0.101 e. The molecule has 2 unspecified atom stereocenters. The fourth-order valence-corrected chi connectivity index (χ4v) is 2.41. The van der Waals surface area contributed by atoms with Gasteiger partial charge in [-0.3, -0.25) is 0 Å². The molecule has 0 heterocycles. The van der Waals surface area contributed by atoms with Crippen molar-refractivity contribution in [2.75, 3.05) is 12.4 Å². The molecule has 1 aliphatic carbocycles. The van der Waals surface area contributed by atoms with E-state index in [0.717, 1.165) is 24.9 Å². The van der Waals surface area contributed by atoms with Crippen LogP contribution in [-0.4, -0.2) is 19.3 Å². The fraction of sp³-hybridized carbons (Fsp3) is 0.462. The molecule has 0 saturated heterocycles. The third kappa shape index (κ3) is 2.91. The minimum absolute atomic E-state index is 0.338. The van der Waals surface area contributed by atoms with Crippen LogP contribution in [0.25, 0.3) is 0 Å². The van der Waals surface area contributed by atoms with E-state index in [4.69, 9.17) is 21.6 Å². The molecule has 1 aromatic carbocycles. The first kappa shape index (κ1) is 12.2. The molecule has 0 amide bonds. The Balaban J connectivity index is 2.07. The smallest absolute Gasteiger partial charge is 0.101 e. The number of anilines is 1. The van der Waals surface area contributed by atoms with Crippen molar-refractivity contribution in [3.63, 3.8) is 0 Å². The maximum absolute atomic E-state index is 9.04. The number of ether oxygens (including phenoxy) is 1. The summed E-state index contributed by atoms with van der Waals surface area (Å²) in [5, 5.41) is 13.0. The van der Waals surface area contributed by atoms with E-state index in [9.17, 15) is 0 Å². The van der Waals surface area contributed by atoms with E-state index in [-0.39, 0.29) is 0 Å². The van der Waals surface area contributed by atoms with Crippen LogP contribution in [0, 0.1) is 11.3 Å². The molecule has 1 aliphatic rings. The van der Waals surface area contributed by atoms with E-state index in [1.165, 1.54) is 0 Å². The number of hydrogen-bond donors (Lipinski definition) is 1. The van der Waals surface area contributed by atoms with Gasteiger partial charge in [0.2, 0.25) is 0 Å². The first-order valence-corrected chi connectivity index (χ1v) is 6.09. The molecule has 1 aromatic rings. The highest BCUT2D eigenvalue weighted by Gasteiger charge is 2.24. The van der Waals surface area contributed by atoms with Crippen molar-refractivity contribution < 1.29 is 4.74 Å². The van der Waals surface area contributed by atoms with Gasteiger partial charge < -0.3 is 10.1 Å². The third-order valence-corrected chi connectivity index (χ3v) is 3.41. The van der Waals surface area contributed by atoms with Gasteiger partial charge in [-0.1, -0.05) is 11.6 Å². The van der Waals surface area contributed by atoms with Gasteiger partial charge in [0.1, 0.15) is 6.07 Å². The molecule has 2 rings (SSSR count).